The topological polar surface area (TPSA) is 119 Å². The third kappa shape index (κ3) is 4.00. The fourth-order valence-electron chi connectivity index (χ4n) is 4.83. The highest BCUT2D eigenvalue weighted by Gasteiger charge is 2.46. The molecule has 1 N–H and O–H groups in total. The Morgan fingerprint density at radius 3 is 2.55 bits per heavy atom. The predicted molar refractivity (Wildman–Crippen MR) is 149 cm³/mol. The number of Topliss-reactive ketones (excluding diaryl/α,β-unsaturated/α-hetero) is 1. The van der Waals surface area contributed by atoms with Crippen molar-refractivity contribution >= 4 is 55.3 Å². The van der Waals surface area contributed by atoms with Crippen molar-refractivity contribution in [2.75, 3.05) is 19.1 Å². The van der Waals surface area contributed by atoms with Crippen molar-refractivity contribution in [1.29, 1.82) is 0 Å². The molecule has 2 aromatic heterocycles. The van der Waals surface area contributed by atoms with Gasteiger partial charge >= 0.3 is 5.97 Å². The number of carbonyl (C=O) groups is 3. The molecule has 0 fully saturated rings. The molecule has 3 aromatic carbocycles. The van der Waals surface area contributed by atoms with Gasteiger partial charge in [-0.1, -0.05) is 41.7 Å². The van der Waals surface area contributed by atoms with E-state index in [0.29, 0.717) is 38.5 Å². The van der Waals surface area contributed by atoms with Crippen molar-refractivity contribution in [2.24, 2.45) is 0 Å². The molecule has 0 saturated carbocycles. The minimum atomic E-state index is -1.04. The van der Waals surface area contributed by atoms with Gasteiger partial charge in [-0.2, -0.15) is 0 Å². The molecule has 200 valence electrons. The van der Waals surface area contributed by atoms with Gasteiger partial charge in [0.15, 0.2) is 28.0 Å². The van der Waals surface area contributed by atoms with Crippen molar-refractivity contribution < 1.29 is 33.4 Å². The van der Waals surface area contributed by atoms with Crippen molar-refractivity contribution in [1.82, 2.24) is 4.98 Å². The van der Waals surface area contributed by atoms with Crippen LogP contribution in [-0.2, 0) is 9.53 Å². The zero-order chi connectivity index (χ0) is 28.1. The second-order valence-corrected chi connectivity index (χ2v) is 10.2. The summed E-state index contributed by atoms with van der Waals surface area (Å²) in [4.78, 5) is 45.5. The number of ether oxygens (including phenoxy) is 2. The summed E-state index contributed by atoms with van der Waals surface area (Å²) in [5.41, 5.74) is 2.70. The highest BCUT2D eigenvalue weighted by Crippen LogP contribution is 2.45. The molecule has 6 rings (SSSR count). The molecule has 0 radical (unpaired) electrons. The third-order valence-corrected chi connectivity index (χ3v) is 7.81. The molecule has 3 heterocycles. The van der Waals surface area contributed by atoms with Crippen LogP contribution in [0.2, 0.25) is 0 Å². The number of aliphatic hydroxyl groups is 1. The van der Waals surface area contributed by atoms with Gasteiger partial charge in [-0.15, -0.1) is 0 Å². The van der Waals surface area contributed by atoms with Crippen LogP contribution in [0, 0.1) is 6.92 Å². The number of aliphatic hydroxyl groups excluding tert-OH is 1. The van der Waals surface area contributed by atoms with Crippen LogP contribution >= 0.6 is 11.3 Å². The van der Waals surface area contributed by atoms with Gasteiger partial charge in [-0.25, -0.2) is 9.78 Å². The largest absolute Gasteiger partial charge is 0.503 e. The average Bonchev–Trinajstić information content (AvgIpc) is 3.66. The number of rotatable bonds is 6. The third-order valence-electron chi connectivity index (χ3n) is 6.79. The lowest BCUT2D eigenvalue weighted by molar-refractivity contribution is -0.117. The van der Waals surface area contributed by atoms with E-state index in [2.05, 4.69) is 4.98 Å². The number of aryl methyl sites for hydroxylation is 1. The molecule has 0 spiro atoms. The first-order valence-electron chi connectivity index (χ1n) is 12.2. The molecule has 1 aliphatic rings. The molecule has 1 aliphatic heterocycles. The number of aromatic nitrogens is 1. The van der Waals surface area contributed by atoms with Gasteiger partial charge in [0.1, 0.15) is 0 Å². The van der Waals surface area contributed by atoms with Crippen molar-refractivity contribution in [2.45, 2.75) is 13.0 Å². The summed E-state index contributed by atoms with van der Waals surface area (Å²) in [5.74, 6) is -2.28. The first kappa shape index (κ1) is 25.3. The van der Waals surface area contributed by atoms with Gasteiger partial charge in [-0.05, 0) is 54.4 Å². The van der Waals surface area contributed by atoms with E-state index >= 15 is 0 Å². The molecule has 1 atom stereocenters. The molecular weight excluding hydrogens is 532 g/mol. The van der Waals surface area contributed by atoms with Crippen LogP contribution in [0.3, 0.4) is 0 Å². The van der Waals surface area contributed by atoms with Crippen LogP contribution < -0.4 is 9.64 Å². The second kappa shape index (κ2) is 9.65. The first-order chi connectivity index (χ1) is 19.3. The zero-order valence-electron chi connectivity index (χ0n) is 21.6. The molecule has 9 nitrogen and oxygen atoms in total. The second-order valence-electron chi connectivity index (χ2n) is 9.24. The first-order valence-corrected chi connectivity index (χ1v) is 13.1. The summed E-state index contributed by atoms with van der Waals surface area (Å²) in [6.45, 7) is 1.96. The van der Waals surface area contributed by atoms with E-state index in [-0.39, 0.29) is 11.3 Å². The Morgan fingerprint density at radius 2 is 1.82 bits per heavy atom. The van der Waals surface area contributed by atoms with E-state index in [4.69, 9.17) is 13.9 Å². The van der Waals surface area contributed by atoms with Gasteiger partial charge in [0.25, 0.3) is 5.91 Å². The molecule has 0 bridgehead atoms. The number of nitrogens with zero attached hydrogens (tertiary/aromatic N) is 2. The van der Waals surface area contributed by atoms with Gasteiger partial charge in [0, 0.05) is 5.39 Å². The maximum absolute atomic E-state index is 13.9. The van der Waals surface area contributed by atoms with Gasteiger partial charge < -0.3 is 19.0 Å². The number of benzene rings is 3. The van der Waals surface area contributed by atoms with Gasteiger partial charge in [-0.3, -0.25) is 14.5 Å². The number of para-hydroxylation sites is 1. The Bertz CT molecular complexity index is 1870. The summed E-state index contributed by atoms with van der Waals surface area (Å²) < 4.78 is 16.9. The number of fused-ring (bicyclic) bond motifs is 2. The fraction of sp³-hybridized carbons (Fsp3) is 0.133. The highest BCUT2D eigenvalue weighted by atomic mass is 32.1. The summed E-state index contributed by atoms with van der Waals surface area (Å²) in [6.07, 6.45) is 0. The molecular formula is C30H22N2O7S. The van der Waals surface area contributed by atoms with Gasteiger partial charge in [0.2, 0.25) is 5.78 Å². The number of methoxy groups -OCH3 is 2. The Morgan fingerprint density at radius 1 is 1.05 bits per heavy atom. The number of amides is 1. The average molecular weight is 555 g/mol. The van der Waals surface area contributed by atoms with E-state index in [1.54, 1.807) is 36.4 Å². The van der Waals surface area contributed by atoms with Gasteiger partial charge in [0.05, 0.1) is 41.6 Å². The maximum Gasteiger partial charge on any atom is 0.337 e. The number of furan rings is 1. The summed E-state index contributed by atoms with van der Waals surface area (Å²) in [7, 11) is 2.77. The van der Waals surface area contributed by atoms with E-state index in [0.717, 1.165) is 10.3 Å². The smallest absolute Gasteiger partial charge is 0.337 e. The monoisotopic (exact) mass is 554 g/mol. The molecule has 5 aromatic rings. The lowest BCUT2D eigenvalue weighted by atomic mass is 9.94. The number of carbonyl (C=O) groups excluding carboxylic acids is 3. The Hall–Kier alpha value is -4.96. The summed E-state index contributed by atoms with van der Waals surface area (Å²) in [6, 6.07) is 17.8. The highest BCUT2D eigenvalue weighted by molar-refractivity contribution is 7.22. The number of hydrogen-bond donors (Lipinski definition) is 1. The number of esters is 1. The van der Waals surface area contributed by atoms with Crippen LogP contribution in [0.1, 0.15) is 38.1 Å². The van der Waals surface area contributed by atoms with Crippen LogP contribution in [0.25, 0.3) is 21.2 Å². The minimum Gasteiger partial charge on any atom is -0.503 e. The van der Waals surface area contributed by atoms with Crippen molar-refractivity contribution in [3.05, 3.63) is 101 Å². The Balaban J connectivity index is 1.50. The number of anilines is 1. The standard InChI is InChI=1S/C30H22N2O7S/c1-15-7-12-19-22(13-15)40-30(31-19)32-24(16-8-10-17(11-9-16)29(36)38-3)23(26(34)28(32)35)25(33)21-14-18-5-4-6-20(37-2)27(18)39-21/h4-14,24,34H,1-3H3. The lowest BCUT2D eigenvalue weighted by Crippen LogP contribution is -2.31. The van der Waals surface area contributed by atoms with E-state index in [9.17, 15) is 19.5 Å². The van der Waals surface area contributed by atoms with Crippen molar-refractivity contribution in [3.63, 3.8) is 0 Å². The number of hydrogen-bond acceptors (Lipinski definition) is 9. The van der Waals surface area contributed by atoms with Crippen LogP contribution in [0.15, 0.2) is 82.5 Å². The molecule has 0 aliphatic carbocycles. The van der Waals surface area contributed by atoms with Crippen molar-refractivity contribution in [3.8, 4) is 5.75 Å². The number of ketones is 1. The molecule has 1 unspecified atom stereocenters. The molecule has 10 heteroatoms. The zero-order valence-corrected chi connectivity index (χ0v) is 22.4. The SMILES string of the molecule is COC(=O)c1ccc(C2C(C(=O)c3cc4cccc(OC)c4o3)=C(O)C(=O)N2c2nc3ccc(C)cc3s2)cc1. The quantitative estimate of drug-likeness (QED) is 0.203. The van der Waals surface area contributed by atoms with E-state index in [1.165, 1.54) is 42.6 Å². The van der Waals surface area contributed by atoms with Crippen LogP contribution in [-0.4, -0.2) is 42.0 Å². The van der Waals surface area contributed by atoms with Crippen LogP contribution in [0.5, 0.6) is 5.75 Å². The minimum absolute atomic E-state index is 0.0631. The Labute approximate surface area is 231 Å². The fourth-order valence-corrected chi connectivity index (χ4v) is 5.92. The lowest BCUT2D eigenvalue weighted by Gasteiger charge is -2.24. The summed E-state index contributed by atoms with van der Waals surface area (Å²) >= 11 is 1.27. The maximum atomic E-state index is 13.9. The molecule has 40 heavy (non-hydrogen) atoms. The summed E-state index contributed by atoms with van der Waals surface area (Å²) in [5, 5.41) is 12.1. The molecule has 0 saturated heterocycles. The van der Waals surface area contributed by atoms with E-state index in [1.807, 2.05) is 25.1 Å². The van der Waals surface area contributed by atoms with Crippen LogP contribution in [0.4, 0.5) is 5.13 Å². The predicted octanol–water partition coefficient (Wildman–Crippen LogP) is 5.93. The number of thiazole rings is 1. The Kier molecular flexibility index (Phi) is 6.11. The molecule has 1 amide bonds. The van der Waals surface area contributed by atoms with E-state index < -0.39 is 29.5 Å². The normalized spacial score (nSPS) is 15.3.